The number of ether oxygens (including phenoxy) is 2. The first-order valence-corrected chi connectivity index (χ1v) is 10.9. The van der Waals surface area contributed by atoms with Crippen molar-refractivity contribution in [3.8, 4) is 17.6 Å². The van der Waals surface area contributed by atoms with Gasteiger partial charge in [0, 0.05) is 12.1 Å². The van der Waals surface area contributed by atoms with Gasteiger partial charge in [0.15, 0.2) is 11.5 Å². The lowest BCUT2D eigenvalue weighted by atomic mass is 10.1. The Balaban J connectivity index is 1.79. The average Bonchev–Trinajstić information content (AvgIpc) is 2.86. The van der Waals surface area contributed by atoms with Gasteiger partial charge >= 0.3 is 0 Å². The van der Waals surface area contributed by atoms with Crippen LogP contribution in [0.15, 0.2) is 72.3 Å². The van der Waals surface area contributed by atoms with Gasteiger partial charge in [0.05, 0.1) is 23.1 Å². The van der Waals surface area contributed by atoms with Crippen LogP contribution in [0.3, 0.4) is 0 Å². The maximum Gasteiger partial charge on any atom is 0.269 e. The molecule has 9 heteroatoms. The minimum absolute atomic E-state index is 0.0240. The number of benzene rings is 3. The summed E-state index contributed by atoms with van der Waals surface area (Å²) in [6.07, 6.45) is 1.41. The molecular weight excluding hydrogens is 470 g/mol. The molecule has 3 rings (SSSR count). The number of nitro groups is 1. The molecule has 178 valence electrons. The second-order valence-corrected chi connectivity index (χ2v) is 7.93. The predicted octanol–water partition coefficient (Wildman–Crippen LogP) is 5.62. The van der Waals surface area contributed by atoms with Crippen molar-refractivity contribution in [2.45, 2.75) is 19.6 Å². The maximum absolute atomic E-state index is 12.7. The second-order valence-electron chi connectivity index (χ2n) is 7.53. The smallest absolute Gasteiger partial charge is 0.269 e. The summed E-state index contributed by atoms with van der Waals surface area (Å²) in [5.74, 6) is -0.00652. The lowest BCUT2D eigenvalue weighted by Crippen LogP contribution is -2.27. The van der Waals surface area contributed by atoms with Gasteiger partial charge < -0.3 is 14.8 Å². The van der Waals surface area contributed by atoms with Crippen molar-refractivity contribution in [2.24, 2.45) is 0 Å². The molecule has 0 aliphatic heterocycles. The van der Waals surface area contributed by atoms with Crippen LogP contribution in [-0.4, -0.2) is 17.9 Å². The highest BCUT2D eigenvalue weighted by molar-refractivity contribution is 6.32. The highest BCUT2D eigenvalue weighted by Crippen LogP contribution is 2.37. The van der Waals surface area contributed by atoms with E-state index < -0.39 is 10.8 Å². The van der Waals surface area contributed by atoms with Crippen LogP contribution < -0.4 is 14.8 Å². The van der Waals surface area contributed by atoms with Gasteiger partial charge in [-0.15, -0.1) is 0 Å². The van der Waals surface area contributed by atoms with E-state index in [-0.39, 0.29) is 40.4 Å². The monoisotopic (exact) mass is 491 g/mol. The van der Waals surface area contributed by atoms with Crippen molar-refractivity contribution in [1.29, 1.82) is 5.26 Å². The van der Waals surface area contributed by atoms with Gasteiger partial charge in [0.2, 0.25) is 0 Å². The van der Waals surface area contributed by atoms with Crippen LogP contribution in [-0.2, 0) is 11.4 Å². The zero-order chi connectivity index (χ0) is 25.4. The first-order chi connectivity index (χ1) is 16.8. The molecule has 0 aliphatic carbocycles. The van der Waals surface area contributed by atoms with Gasteiger partial charge in [-0.05, 0) is 41.8 Å². The quantitative estimate of drug-likeness (QED) is 0.180. The van der Waals surface area contributed by atoms with Crippen LogP contribution >= 0.6 is 11.6 Å². The molecule has 0 aliphatic rings. The Bertz CT molecular complexity index is 1300. The molecule has 8 nitrogen and oxygen atoms in total. The van der Waals surface area contributed by atoms with E-state index in [9.17, 15) is 20.2 Å². The van der Waals surface area contributed by atoms with Gasteiger partial charge in [0.25, 0.3) is 11.6 Å². The molecule has 0 bridgehead atoms. The Morgan fingerprint density at radius 1 is 1.20 bits per heavy atom. The predicted molar refractivity (Wildman–Crippen MR) is 132 cm³/mol. The van der Waals surface area contributed by atoms with Gasteiger partial charge in [-0.3, -0.25) is 14.9 Å². The fraction of sp³-hybridized carbons (Fsp3) is 0.154. The van der Waals surface area contributed by atoms with Crippen LogP contribution in [0, 0.1) is 21.4 Å². The lowest BCUT2D eigenvalue weighted by Gasteiger charge is -2.15. The molecule has 35 heavy (non-hydrogen) atoms. The number of non-ortho nitro benzene ring substituents is 1. The lowest BCUT2D eigenvalue weighted by molar-refractivity contribution is -0.384. The van der Waals surface area contributed by atoms with E-state index in [1.165, 1.54) is 31.4 Å². The zero-order valence-corrected chi connectivity index (χ0v) is 19.8. The fourth-order valence-corrected chi connectivity index (χ4v) is 3.57. The minimum Gasteiger partial charge on any atom is -0.493 e. The molecule has 0 radical (unpaired) electrons. The summed E-state index contributed by atoms with van der Waals surface area (Å²) in [4.78, 5) is 23.2. The van der Waals surface area contributed by atoms with Gasteiger partial charge in [-0.25, -0.2) is 0 Å². The van der Waals surface area contributed by atoms with Crippen LogP contribution in [0.2, 0.25) is 5.02 Å². The van der Waals surface area contributed by atoms with E-state index in [1.54, 1.807) is 18.2 Å². The van der Waals surface area contributed by atoms with Crippen molar-refractivity contribution < 1.29 is 19.2 Å². The number of hydrogen-bond acceptors (Lipinski definition) is 6. The summed E-state index contributed by atoms with van der Waals surface area (Å²) >= 11 is 6.41. The number of nitrogens with zero attached hydrogens (tertiary/aromatic N) is 2. The third-order valence-corrected chi connectivity index (χ3v) is 5.36. The van der Waals surface area contributed by atoms with Crippen LogP contribution in [0.1, 0.15) is 29.7 Å². The molecule has 3 aromatic carbocycles. The molecule has 0 saturated carbocycles. The number of halogens is 1. The topological polar surface area (TPSA) is 114 Å². The first-order valence-electron chi connectivity index (χ1n) is 10.5. The molecular formula is C26H22ClN3O5. The summed E-state index contributed by atoms with van der Waals surface area (Å²) in [5.41, 5.74) is 1.81. The highest BCUT2D eigenvalue weighted by atomic mass is 35.5. The first kappa shape index (κ1) is 25.3. The molecule has 0 saturated heterocycles. The molecule has 0 heterocycles. The number of amides is 1. The van der Waals surface area contributed by atoms with E-state index >= 15 is 0 Å². The van der Waals surface area contributed by atoms with E-state index in [0.29, 0.717) is 11.1 Å². The van der Waals surface area contributed by atoms with E-state index in [1.807, 2.05) is 43.3 Å². The largest absolute Gasteiger partial charge is 0.493 e. The SMILES string of the molecule is COc1cc(/C=C(/C#N)C(=O)N[C@@H](C)c2ccccc2)cc(Cl)c1OCc1cccc([N+](=O)[O-])c1. The molecule has 0 spiro atoms. The van der Waals surface area contributed by atoms with Gasteiger partial charge in [-0.1, -0.05) is 54.1 Å². The number of carbonyl (C=O) groups is 1. The van der Waals surface area contributed by atoms with E-state index in [4.69, 9.17) is 21.1 Å². The zero-order valence-electron chi connectivity index (χ0n) is 19.0. The van der Waals surface area contributed by atoms with Crippen molar-refractivity contribution in [3.05, 3.63) is 104 Å². The van der Waals surface area contributed by atoms with Crippen LogP contribution in [0.5, 0.6) is 11.5 Å². The Labute approximate surface area is 207 Å². The molecule has 1 amide bonds. The number of nitro benzene ring substituents is 1. The number of methoxy groups -OCH3 is 1. The number of nitrogens with one attached hydrogen (secondary N) is 1. The van der Waals surface area contributed by atoms with E-state index in [0.717, 1.165) is 5.56 Å². The van der Waals surface area contributed by atoms with Crippen LogP contribution in [0.4, 0.5) is 5.69 Å². The number of rotatable bonds is 9. The van der Waals surface area contributed by atoms with Gasteiger partial charge in [-0.2, -0.15) is 5.26 Å². The second kappa shape index (κ2) is 11.7. The van der Waals surface area contributed by atoms with Crippen LogP contribution in [0.25, 0.3) is 6.08 Å². The molecule has 1 N–H and O–H groups in total. The normalized spacial score (nSPS) is 11.8. The number of nitriles is 1. The highest BCUT2D eigenvalue weighted by Gasteiger charge is 2.16. The number of hydrogen-bond donors (Lipinski definition) is 1. The summed E-state index contributed by atoms with van der Waals surface area (Å²) in [5, 5.41) is 23.5. The Hall–Kier alpha value is -4.35. The third kappa shape index (κ3) is 6.59. The molecule has 3 aromatic rings. The molecule has 0 fully saturated rings. The van der Waals surface area contributed by atoms with Crippen molar-refractivity contribution >= 4 is 29.3 Å². The number of carbonyl (C=O) groups excluding carboxylic acids is 1. The Morgan fingerprint density at radius 2 is 1.94 bits per heavy atom. The Kier molecular flexibility index (Phi) is 8.43. The molecule has 0 unspecified atom stereocenters. The third-order valence-electron chi connectivity index (χ3n) is 5.08. The molecule has 0 aromatic heterocycles. The standard InChI is InChI=1S/C26H22ClN3O5/c1-17(20-8-4-3-5-9-20)29-26(31)21(15-28)11-19-13-23(27)25(24(14-19)34-2)35-16-18-7-6-10-22(12-18)30(32)33/h3-14,17H,16H2,1-2H3,(H,29,31)/b21-11-/t17-/m0/s1. The average molecular weight is 492 g/mol. The van der Waals surface area contributed by atoms with Crippen molar-refractivity contribution in [2.75, 3.05) is 7.11 Å². The summed E-state index contributed by atoms with van der Waals surface area (Å²) in [7, 11) is 1.43. The minimum atomic E-state index is -0.523. The van der Waals surface area contributed by atoms with Gasteiger partial charge in [0.1, 0.15) is 18.2 Å². The maximum atomic E-state index is 12.7. The van der Waals surface area contributed by atoms with Crippen molar-refractivity contribution in [3.63, 3.8) is 0 Å². The Morgan fingerprint density at radius 3 is 2.60 bits per heavy atom. The molecule has 1 atom stereocenters. The van der Waals surface area contributed by atoms with Crippen molar-refractivity contribution in [1.82, 2.24) is 5.32 Å². The fourth-order valence-electron chi connectivity index (χ4n) is 3.29. The summed E-state index contributed by atoms with van der Waals surface area (Å²) in [6, 6.07) is 20.2. The summed E-state index contributed by atoms with van der Waals surface area (Å²) < 4.78 is 11.2. The summed E-state index contributed by atoms with van der Waals surface area (Å²) in [6.45, 7) is 1.85. The van der Waals surface area contributed by atoms with E-state index in [2.05, 4.69) is 5.32 Å².